The van der Waals surface area contributed by atoms with E-state index >= 15 is 0 Å². The van der Waals surface area contributed by atoms with Gasteiger partial charge in [0.05, 0.1) is 53.2 Å². The molecule has 2 atom stereocenters. The summed E-state index contributed by atoms with van der Waals surface area (Å²) in [6, 6.07) is 8.41. The Balaban J connectivity index is 1.54. The molecular formula is C30H31Cl2F2N9. The number of benzene rings is 1. The summed E-state index contributed by atoms with van der Waals surface area (Å²) in [5.41, 5.74) is 10.7. The van der Waals surface area contributed by atoms with Crippen LogP contribution in [0.5, 0.6) is 0 Å². The van der Waals surface area contributed by atoms with E-state index in [9.17, 15) is 8.78 Å². The van der Waals surface area contributed by atoms with Crippen LogP contribution in [0, 0.1) is 5.92 Å². The maximum Gasteiger partial charge on any atom is 0.333 e. The zero-order valence-electron chi connectivity index (χ0n) is 23.4. The zero-order chi connectivity index (χ0) is 30.8. The van der Waals surface area contributed by atoms with Crippen molar-refractivity contribution >= 4 is 46.6 Å². The number of alkyl halides is 2. The maximum absolute atomic E-state index is 14.0. The van der Waals surface area contributed by atoms with Crippen molar-refractivity contribution in [3.8, 4) is 11.3 Å². The van der Waals surface area contributed by atoms with Gasteiger partial charge in [0.15, 0.2) is 0 Å². The van der Waals surface area contributed by atoms with Crippen molar-refractivity contribution in [2.24, 2.45) is 22.5 Å². The van der Waals surface area contributed by atoms with Gasteiger partial charge in [0.2, 0.25) is 0 Å². The van der Waals surface area contributed by atoms with Crippen molar-refractivity contribution in [1.29, 1.82) is 0 Å². The van der Waals surface area contributed by atoms with Gasteiger partial charge in [-0.2, -0.15) is 13.9 Å². The van der Waals surface area contributed by atoms with Gasteiger partial charge in [-0.15, -0.1) is 0 Å². The number of pyridine rings is 1. The molecule has 2 aliphatic heterocycles. The Kier molecular flexibility index (Phi) is 8.86. The smallest absolute Gasteiger partial charge is 0.333 e. The minimum atomic E-state index is -2.83. The summed E-state index contributed by atoms with van der Waals surface area (Å²) in [6.07, 6.45) is 10.3. The molecule has 2 aliphatic rings. The third-order valence-corrected chi connectivity index (χ3v) is 7.78. The van der Waals surface area contributed by atoms with E-state index in [-0.39, 0.29) is 22.8 Å². The lowest BCUT2D eigenvalue weighted by atomic mass is 9.95. The largest absolute Gasteiger partial charge is 0.388 e. The number of rotatable bonds is 5. The summed E-state index contributed by atoms with van der Waals surface area (Å²) in [6.45, 7) is 7.71. The van der Waals surface area contributed by atoms with E-state index < -0.39 is 6.55 Å². The maximum atomic E-state index is 14.0. The fraction of sp³-hybridized carbons (Fsp3) is 0.233. The Morgan fingerprint density at radius 2 is 2.02 bits per heavy atom. The lowest BCUT2D eigenvalue weighted by Crippen LogP contribution is -2.29. The van der Waals surface area contributed by atoms with Crippen molar-refractivity contribution in [1.82, 2.24) is 19.7 Å². The van der Waals surface area contributed by atoms with Gasteiger partial charge in [-0.05, 0) is 55.2 Å². The van der Waals surface area contributed by atoms with Crippen LogP contribution in [0.4, 0.5) is 20.2 Å². The van der Waals surface area contributed by atoms with Gasteiger partial charge in [0.25, 0.3) is 0 Å². The minimum Gasteiger partial charge on any atom is -0.388 e. The Labute approximate surface area is 258 Å². The number of fused-ring (bicyclic) bond motifs is 4. The first-order chi connectivity index (χ1) is 20.5. The van der Waals surface area contributed by atoms with Gasteiger partial charge in [0, 0.05) is 33.7 Å². The molecule has 2 bridgehead atoms. The molecule has 0 aliphatic carbocycles. The predicted octanol–water partition coefficient (Wildman–Crippen LogP) is 7.36. The van der Waals surface area contributed by atoms with Crippen LogP contribution in [0.3, 0.4) is 0 Å². The molecule has 43 heavy (non-hydrogen) atoms. The van der Waals surface area contributed by atoms with Crippen molar-refractivity contribution in [3.63, 3.8) is 0 Å². The first-order valence-electron chi connectivity index (χ1n) is 13.5. The van der Waals surface area contributed by atoms with Crippen molar-refractivity contribution in [2.45, 2.75) is 38.8 Å². The molecule has 4 heterocycles. The van der Waals surface area contributed by atoms with Gasteiger partial charge >= 0.3 is 6.55 Å². The van der Waals surface area contributed by atoms with Gasteiger partial charge in [-0.25, -0.2) is 15.5 Å². The molecule has 0 saturated carbocycles. The highest BCUT2D eigenvalue weighted by Crippen LogP contribution is 2.39. The quantitative estimate of drug-likeness (QED) is 0.154. The number of nitrogens with zero attached hydrogens (tertiary/aromatic N) is 6. The molecule has 5 rings (SSSR count). The highest BCUT2D eigenvalue weighted by molar-refractivity contribution is 6.31. The summed E-state index contributed by atoms with van der Waals surface area (Å²) in [5, 5.41) is 8.96. The van der Waals surface area contributed by atoms with Gasteiger partial charge in [-0.3, -0.25) is 9.99 Å². The second-order valence-corrected chi connectivity index (χ2v) is 11.2. The molecule has 224 valence electrons. The third-order valence-electron chi connectivity index (χ3n) is 7.45. The summed E-state index contributed by atoms with van der Waals surface area (Å²) in [7, 11) is 0. The normalized spacial score (nSPS) is 19.4. The third kappa shape index (κ3) is 6.43. The number of hydrogen-bond acceptors (Lipinski definition) is 8. The molecular weight excluding hydrogens is 595 g/mol. The van der Waals surface area contributed by atoms with E-state index in [2.05, 4.69) is 35.5 Å². The van der Waals surface area contributed by atoms with E-state index in [0.29, 0.717) is 55.7 Å². The lowest BCUT2D eigenvalue weighted by molar-refractivity contribution is 0.0585. The van der Waals surface area contributed by atoms with Crippen molar-refractivity contribution in [2.75, 3.05) is 10.3 Å². The van der Waals surface area contributed by atoms with Gasteiger partial charge in [0.1, 0.15) is 5.16 Å². The van der Waals surface area contributed by atoms with E-state index in [4.69, 9.17) is 39.8 Å². The molecule has 2 aromatic heterocycles. The topological polar surface area (TPSA) is 114 Å². The van der Waals surface area contributed by atoms with Crippen LogP contribution in [-0.4, -0.2) is 26.0 Å². The van der Waals surface area contributed by atoms with Crippen LogP contribution in [0.15, 0.2) is 89.7 Å². The number of nitrogens with one attached hydrogen (secondary N) is 1. The SMILES string of the molecule is C=C1Nc2cnn(C(F)F)c2-c2ccnc(c2)[C@@H](N2C=NC(c3cc(Cl)ccc3N(N)/C=C(\N)Cl)=CC2=C)CCC[C@H]1C. The van der Waals surface area contributed by atoms with Crippen LogP contribution < -0.4 is 21.9 Å². The molecule has 0 spiro atoms. The molecule has 9 nitrogen and oxygen atoms in total. The number of anilines is 2. The Bertz CT molecular complexity index is 1640. The first kappa shape index (κ1) is 30.3. The Morgan fingerprint density at radius 1 is 1.23 bits per heavy atom. The highest BCUT2D eigenvalue weighted by atomic mass is 35.5. The van der Waals surface area contributed by atoms with Crippen LogP contribution >= 0.6 is 23.2 Å². The fourth-order valence-corrected chi connectivity index (χ4v) is 5.50. The van der Waals surface area contributed by atoms with Gasteiger partial charge < -0.3 is 16.0 Å². The number of halogens is 4. The minimum absolute atomic E-state index is 0.00902. The van der Waals surface area contributed by atoms with Crippen molar-refractivity contribution < 1.29 is 8.78 Å². The molecule has 0 radical (unpaired) electrons. The average Bonchev–Trinajstić information content (AvgIpc) is 3.38. The molecule has 0 unspecified atom stereocenters. The molecule has 3 aromatic rings. The fourth-order valence-electron chi connectivity index (χ4n) is 5.22. The lowest BCUT2D eigenvalue weighted by Gasteiger charge is -2.33. The second kappa shape index (κ2) is 12.6. The average molecular weight is 627 g/mol. The summed E-state index contributed by atoms with van der Waals surface area (Å²) >= 11 is 12.2. The van der Waals surface area contributed by atoms with Gasteiger partial charge in [-0.1, -0.05) is 49.7 Å². The summed E-state index contributed by atoms with van der Waals surface area (Å²) in [5.74, 6) is 6.27. The zero-order valence-corrected chi connectivity index (χ0v) is 24.9. The highest BCUT2D eigenvalue weighted by Gasteiger charge is 2.28. The molecule has 0 fully saturated rings. The second-order valence-electron chi connectivity index (χ2n) is 10.4. The summed E-state index contributed by atoms with van der Waals surface area (Å²) in [4.78, 5) is 11.3. The Morgan fingerprint density at radius 3 is 2.74 bits per heavy atom. The summed E-state index contributed by atoms with van der Waals surface area (Å²) < 4.78 is 28.7. The number of hydrogen-bond donors (Lipinski definition) is 3. The van der Waals surface area contributed by atoms with Crippen LogP contribution in [0.1, 0.15) is 50.0 Å². The predicted molar refractivity (Wildman–Crippen MR) is 169 cm³/mol. The monoisotopic (exact) mass is 625 g/mol. The molecule has 0 saturated heterocycles. The number of allylic oxidation sites excluding steroid dienone is 2. The van der Waals surface area contributed by atoms with E-state index in [0.717, 1.165) is 18.5 Å². The van der Waals surface area contributed by atoms with Crippen LogP contribution in [-0.2, 0) is 0 Å². The standard InChI is InChI=1S/C30H31Cl2F2N9/c1-17-5-4-6-27(24-12-20(9-10-37-24)29-25(40-19(17)3)14-39-43(29)30(33)34)41-16-38-23(11-18(41)2)22-13-21(31)7-8-26(22)42(36)15-28(32)35/h7-17,27,30,40H,2-6,35-36H2,1H3/b28-15-/t17-,27+/m1/s1. The van der Waals surface area contributed by atoms with Crippen LogP contribution in [0.2, 0.25) is 5.02 Å². The number of aliphatic imine (C=N–C) groups is 1. The molecule has 5 N–H and O–H groups in total. The van der Waals surface area contributed by atoms with Crippen molar-refractivity contribution in [3.05, 3.63) is 101 Å². The number of aromatic nitrogens is 3. The first-order valence-corrected chi connectivity index (χ1v) is 14.3. The number of hydrazine groups is 1. The Hall–Kier alpha value is -4.19. The molecule has 1 aromatic carbocycles. The molecule has 13 heteroatoms. The van der Waals surface area contributed by atoms with E-state index in [1.165, 1.54) is 17.4 Å². The molecule has 0 amide bonds. The van der Waals surface area contributed by atoms with E-state index in [1.54, 1.807) is 36.8 Å². The van der Waals surface area contributed by atoms with E-state index in [1.807, 2.05) is 17.0 Å². The van der Waals surface area contributed by atoms with Crippen LogP contribution in [0.25, 0.3) is 17.0 Å². The number of nitrogens with two attached hydrogens (primary N) is 2.